The van der Waals surface area contributed by atoms with E-state index in [9.17, 15) is 22.4 Å². The summed E-state index contributed by atoms with van der Waals surface area (Å²) in [6.07, 6.45) is 1.32. The fourth-order valence-corrected chi connectivity index (χ4v) is 4.52. The van der Waals surface area contributed by atoms with E-state index in [4.69, 9.17) is 4.74 Å². The fraction of sp³-hybridized carbons (Fsp3) is 0.462. The Labute approximate surface area is 213 Å². The number of carbonyl (C=O) groups excluding carboxylic acids is 2. The van der Waals surface area contributed by atoms with Crippen molar-refractivity contribution in [1.82, 2.24) is 10.2 Å². The minimum atomic E-state index is -3.88. The van der Waals surface area contributed by atoms with E-state index in [0.29, 0.717) is 30.9 Å². The number of halogens is 1. The van der Waals surface area contributed by atoms with Crippen LogP contribution in [0.25, 0.3) is 0 Å². The minimum absolute atomic E-state index is 0.0113. The van der Waals surface area contributed by atoms with E-state index in [2.05, 4.69) is 5.32 Å². The fourth-order valence-electron chi connectivity index (χ4n) is 3.66. The van der Waals surface area contributed by atoms with Crippen LogP contribution in [-0.4, -0.2) is 57.1 Å². The Morgan fingerprint density at radius 3 is 2.25 bits per heavy atom. The highest BCUT2D eigenvalue weighted by Gasteiger charge is 2.32. The molecule has 0 radical (unpaired) electrons. The summed E-state index contributed by atoms with van der Waals surface area (Å²) in [5.41, 5.74) is 0.842. The zero-order valence-corrected chi connectivity index (χ0v) is 22.3. The number of hydrogen-bond acceptors (Lipinski definition) is 5. The number of hydrogen-bond donors (Lipinski definition) is 1. The Bertz CT molecular complexity index is 1120. The van der Waals surface area contributed by atoms with Gasteiger partial charge in [-0.3, -0.25) is 13.9 Å². The number of benzene rings is 2. The van der Waals surface area contributed by atoms with Gasteiger partial charge < -0.3 is 15.0 Å². The number of rotatable bonds is 13. The second-order valence-corrected chi connectivity index (χ2v) is 10.8. The Morgan fingerprint density at radius 1 is 1.06 bits per heavy atom. The van der Waals surface area contributed by atoms with Crippen LogP contribution in [0.2, 0.25) is 0 Å². The smallest absolute Gasteiger partial charge is 0.244 e. The van der Waals surface area contributed by atoms with Crippen molar-refractivity contribution in [1.29, 1.82) is 0 Å². The lowest BCUT2D eigenvalue weighted by Gasteiger charge is -2.33. The van der Waals surface area contributed by atoms with Crippen molar-refractivity contribution < 1.29 is 27.1 Å². The van der Waals surface area contributed by atoms with Crippen LogP contribution in [0.5, 0.6) is 5.75 Å². The quantitative estimate of drug-likeness (QED) is 0.435. The average molecular weight is 522 g/mol. The summed E-state index contributed by atoms with van der Waals surface area (Å²) in [5, 5.41) is 2.86. The van der Waals surface area contributed by atoms with Crippen molar-refractivity contribution in [3.8, 4) is 5.75 Å². The SMILES string of the molecule is CCOc1ccccc1N(CC(=O)N(Cc1ccc(F)cc1)[C@H](CC)C(=O)NCC(C)C)S(C)(=O)=O. The number of carbonyl (C=O) groups is 2. The Morgan fingerprint density at radius 2 is 1.69 bits per heavy atom. The number of nitrogens with one attached hydrogen (secondary N) is 1. The van der Waals surface area contributed by atoms with Crippen molar-refractivity contribution >= 4 is 27.5 Å². The predicted molar refractivity (Wildman–Crippen MR) is 139 cm³/mol. The van der Waals surface area contributed by atoms with Gasteiger partial charge in [0, 0.05) is 13.1 Å². The van der Waals surface area contributed by atoms with Gasteiger partial charge in [0.25, 0.3) is 0 Å². The molecule has 8 nitrogen and oxygen atoms in total. The number of para-hydroxylation sites is 2. The van der Waals surface area contributed by atoms with Crippen molar-refractivity contribution in [3.05, 3.63) is 59.9 Å². The minimum Gasteiger partial charge on any atom is -0.492 e. The second kappa shape index (κ2) is 13.2. The third-order valence-electron chi connectivity index (χ3n) is 5.45. The Balaban J connectivity index is 2.45. The summed E-state index contributed by atoms with van der Waals surface area (Å²) in [6.45, 7) is 7.71. The highest BCUT2D eigenvalue weighted by molar-refractivity contribution is 7.92. The molecule has 0 aromatic heterocycles. The maximum absolute atomic E-state index is 13.7. The third-order valence-corrected chi connectivity index (χ3v) is 6.58. The van der Waals surface area contributed by atoms with Gasteiger partial charge in [-0.15, -0.1) is 0 Å². The van der Waals surface area contributed by atoms with Crippen LogP contribution < -0.4 is 14.4 Å². The lowest BCUT2D eigenvalue weighted by molar-refractivity contribution is -0.140. The van der Waals surface area contributed by atoms with E-state index in [1.165, 1.54) is 29.2 Å². The summed E-state index contributed by atoms with van der Waals surface area (Å²) < 4.78 is 45.6. The van der Waals surface area contributed by atoms with Crippen LogP contribution in [0.4, 0.5) is 10.1 Å². The Kier molecular flexibility index (Phi) is 10.7. The van der Waals surface area contributed by atoms with E-state index >= 15 is 0 Å². The highest BCUT2D eigenvalue weighted by atomic mass is 32.2. The van der Waals surface area contributed by atoms with Gasteiger partial charge in [0.15, 0.2) is 0 Å². The molecule has 198 valence electrons. The first kappa shape index (κ1) is 29.1. The van der Waals surface area contributed by atoms with Gasteiger partial charge in [-0.2, -0.15) is 0 Å². The van der Waals surface area contributed by atoms with E-state index in [1.807, 2.05) is 13.8 Å². The van der Waals surface area contributed by atoms with Gasteiger partial charge in [0.1, 0.15) is 24.2 Å². The lowest BCUT2D eigenvalue weighted by Crippen LogP contribution is -2.52. The lowest BCUT2D eigenvalue weighted by atomic mass is 10.1. The molecule has 2 rings (SSSR count). The first-order chi connectivity index (χ1) is 17.0. The largest absolute Gasteiger partial charge is 0.492 e. The van der Waals surface area contributed by atoms with Crippen molar-refractivity contribution in [3.63, 3.8) is 0 Å². The summed E-state index contributed by atoms with van der Waals surface area (Å²) in [6, 6.07) is 11.3. The van der Waals surface area contributed by atoms with Crippen molar-refractivity contribution in [2.45, 2.75) is 46.7 Å². The zero-order valence-electron chi connectivity index (χ0n) is 21.5. The van der Waals surface area contributed by atoms with Crippen LogP contribution in [-0.2, 0) is 26.2 Å². The van der Waals surface area contributed by atoms with Gasteiger partial charge in [-0.25, -0.2) is 12.8 Å². The van der Waals surface area contributed by atoms with Crippen molar-refractivity contribution in [2.75, 3.05) is 30.3 Å². The number of amides is 2. The highest BCUT2D eigenvalue weighted by Crippen LogP contribution is 2.30. The summed E-state index contributed by atoms with van der Waals surface area (Å²) >= 11 is 0. The van der Waals surface area contributed by atoms with Gasteiger partial charge in [0.2, 0.25) is 21.8 Å². The molecule has 0 saturated carbocycles. The maximum Gasteiger partial charge on any atom is 0.244 e. The third kappa shape index (κ3) is 8.22. The van der Waals surface area contributed by atoms with E-state index in [1.54, 1.807) is 38.1 Å². The standard InChI is InChI=1S/C26H36FN3O5S/c1-6-22(26(32)28-16-19(3)4)29(17-20-12-14-21(27)15-13-20)25(31)18-30(36(5,33)34)23-10-8-9-11-24(23)35-7-2/h8-15,19,22H,6-7,16-18H2,1-5H3,(H,28,32)/t22-/m1/s1. The van der Waals surface area contributed by atoms with E-state index < -0.39 is 34.3 Å². The monoisotopic (exact) mass is 521 g/mol. The molecule has 2 aromatic rings. The van der Waals surface area contributed by atoms with Crippen LogP contribution in [0.1, 0.15) is 39.7 Å². The molecule has 1 atom stereocenters. The molecule has 2 aromatic carbocycles. The molecular formula is C26H36FN3O5S. The number of anilines is 1. The second-order valence-electron chi connectivity index (χ2n) is 8.88. The van der Waals surface area contributed by atoms with Crippen LogP contribution in [0.3, 0.4) is 0 Å². The number of nitrogens with zero attached hydrogens (tertiary/aromatic N) is 2. The molecule has 0 fully saturated rings. The molecule has 10 heteroatoms. The van der Waals surface area contributed by atoms with E-state index in [-0.39, 0.29) is 24.1 Å². The Hall–Kier alpha value is -3.14. The molecule has 0 unspecified atom stereocenters. The van der Waals surface area contributed by atoms with Crippen LogP contribution in [0, 0.1) is 11.7 Å². The molecule has 0 aliphatic carbocycles. The first-order valence-electron chi connectivity index (χ1n) is 12.0. The number of sulfonamides is 1. The zero-order chi connectivity index (χ0) is 26.9. The van der Waals surface area contributed by atoms with Gasteiger partial charge in [-0.05, 0) is 49.1 Å². The van der Waals surface area contributed by atoms with Crippen LogP contribution in [0.15, 0.2) is 48.5 Å². The topological polar surface area (TPSA) is 96.0 Å². The maximum atomic E-state index is 13.7. The van der Waals surface area contributed by atoms with Gasteiger partial charge >= 0.3 is 0 Å². The molecule has 0 aliphatic rings. The summed E-state index contributed by atoms with van der Waals surface area (Å²) in [4.78, 5) is 28.1. The molecule has 36 heavy (non-hydrogen) atoms. The molecule has 1 N–H and O–H groups in total. The van der Waals surface area contributed by atoms with Crippen LogP contribution >= 0.6 is 0 Å². The summed E-state index contributed by atoms with van der Waals surface area (Å²) in [5.74, 6) is -0.785. The average Bonchev–Trinajstić information content (AvgIpc) is 2.82. The molecule has 0 spiro atoms. The predicted octanol–water partition coefficient (Wildman–Crippen LogP) is 3.57. The van der Waals surface area contributed by atoms with Gasteiger partial charge in [0.05, 0.1) is 18.6 Å². The first-order valence-corrected chi connectivity index (χ1v) is 13.8. The van der Waals surface area contributed by atoms with E-state index in [0.717, 1.165) is 10.6 Å². The summed E-state index contributed by atoms with van der Waals surface area (Å²) in [7, 11) is -3.88. The molecule has 0 heterocycles. The van der Waals surface area contributed by atoms with Crippen molar-refractivity contribution in [2.24, 2.45) is 5.92 Å². The molecule has 0 bridgehead atoms. The molecule has 0 aliphatic heterocycles. The molecule has 2 amide bonds. The molecule has 0 saturated heterocycles. The van der Waals surface area contributed by atoms with Gasteiger partial charge in [-0.1, -0.05) is 45.0 Å². The number of ether oxygens (including phenoxy) is 1. The molecular weight excluding hydrogens is 485 g/mol. The normalized spacial score (nSPS) is 12.2.